The number of H-pyrrole nitrogens is 1. The van der Waals surface area contributed by atoms with Crippen LogP contribution in [0.1, 0.15) is 11.1 Å². The molecule has 27 heavy (non-hydrogen) atoms. The Kier molecular flexibility index (Phi) is 4.19. The maximum atomic E-state index is 12.7. The van der Waals surface area contributed by atoms with E-state index in [0.29, 0.717) is 46.4 Å². The number of rotatable bonds is 4. The summed E-state index contributed by atoms with van der Waals surface area (Å²) in [6, 6.07) is 10.9. The molecular formula is C20H18N2O5. The molecule has 2 aromatic carbocycles. The van der Waals surface area contributed by atoms with Gasteiger partial charge in [-0.25, -0.2) is 0 Å². The quantitative estimate of drug-likeness (QED) is 0.597. The summed E-state index contributed by atoms with van der Waals surface area (Å²) in [4.78, 5) is 20.1. The summed E-state index contributed by atoms with van der Waals surface area (Å²) < 4.78 is 22.1. The lowest BCUT2D eigenvalue weighted by atomic mass is 10.0. The molecule has 1 N–H and O–H groups in total. The van der Waals surface area contributed by atoms with Gasteiger partial charge in [0.1, 0.15) is 5.82 Å². The molecule has 7 heteroatoms. The molecule has 2 heterocycles. The fourth-order valence-corrected chi connectivity index (χ4v) is 3.18. The molecule has 0 saturated heterocycles. The van der Waals surface area contributed by atoms with E-state index in [9.17, 15) is 4.79 Å². The van der Waals surface area contributed by atoms with E-state index in [4.69, 9.17) is 18.9 Å². The van der Waals surface area contributed by atoms with Crippen LogP contribution in [0.5, 0.6) is 28.9 Å². The topological polar surface area (TPSA) is 82.7 Å². The summed E-state index contributed by atoms with van der Waals surface area (Å²) in [7, 11) is 4.67. The molecule has 1 aliphatic heterocycles. The van der Waals surface area contributed by atoms with Crippen molar-refractivity contribution < 1.29 is 18.9 Å². The lowest BCUT2D eigenvalue weighted by Crippen LogP contribution is -2.20. The fourth-order valence-electron chi connectivity index (χ4n) is 3.18. The van der Waals surface area contributed by atoms with Gasteiger partial charge in [-0.2, -0.15) is 4.98 Å². The average molecular weight is 366 g/mol. The van der Waals surface area contributed by atoms with Crippen molar-refractivity contribution in [1.82, 2.24) is 9.97 Å². The third-order valence-electron chi connectivity index (χ3n) is 4.48. The van der Waals surface area contributed by atoms with Crippen molar-refractivity contribution in [3.05, 3.63) is 57.9 Å². The minimum absolute atomic E-state index is 0.256. The molecule has 0 radical (unpaired) electrons. The van der Waals surface area contributed by atoms with Gasteiger partial charge in [0.05, 0.1) is 32.5 Å². The Morgan fingerprint density at radius 3 is 2.48 bits per heavy atom. The van der Waals surface area contributed by atoms with Crippen LogP contribution in [0.4, 0.5) is 0 Å². The first-order valence-electron chi connectivity index (χ1n) is 8.34. The minimum Gasteiger partial charge on any atom is -0.493 e. The number of hydrogen-bond donors (Lipinski definition) is 1. The number of para-hydroxylation sites is 2. The number of ether oxygens (including phenoxy) is 4. The molecule has 0 bridgehead atoms. The fraction of sp³-hybridized carbons (Fsp3) is 0.200. The standard InChI is InChI=1S/C20H18N2O5/c1-24-14-8-4-6-11-10-13-19(23)21-18(22-20(13)27-16(11)14)12-7-5-9-15(25-2)17(12)26-3/h4-9H,10H2,1-3H3,(H,21,22,23). The van der Waals surface area contributed by atoms with Crippen LogP contribution in [0.2, 0.25) is 0 Å². The Labute approximate surface area is 155 Å². The molecule has 0 saturated carbocycles. The van der Waals surface area contributed by atoms with E-state index in [1.54, 1.807) is 32.4 Å². The summed E-state index contributed by atoms with van der Waals surface area (Å²) in [5.41, 5.74) is 1.70. The highest BCUT2D eigenvalue weighted by Crippen LogP contribution is 2.42. The Bertz CT molecular complexity index is 1070. The van der Waals surface area contributed by atoms with Gasteiger partial charge in [0.25, 0.3) is 5.56 Å². The predicted octanol–water partition coefficient (Wildman–Crippen LogP) is 3.16. The van der Waals surface area contributed by atoms with Gasteiger partial charge in [-0.3, -0.25) is 4.79 Å². The number of benzene rings is 2. The molecule has 0 amide bonds. The molecule has 0 spiro atoms. The minimum atomic E-state index is -0.256. The summed E-state index contributed by atoms with van der Waals surface area (Å²) in [5.74, 6) is 2.80. The number of aromatic nitrogens is 2. The molecule has 0 atom stereocenters. The Morgan fingerprint density at radius 1 is 1.00 bits per heavy atom. The lowest BCUT2D eigenvalue weighted by molar-refractivity contribution is 0.355. The van der Waals surface area contributed by atoms with Gasteiger partial charge in [-0.15, -0.1) is 0 Å². The van der Waals surface area contributed by atoms with E-state index in [2.05, 4.69) is 9.97 Å². The summed E-state index contributed by atoms with van der Waals surface area (Å²) in [5, 5.41) is 0. The molecule has 4 rings (SSSR count). The van der Waals surface area contributed by atoms with Crippen LogP contribution in [-0.2, 0) is 6.42 Å². The van der Waals surface area contributed by atoms with Crippen molar-refractivity contribution in [2.75, 3.05) is 21.3 Å². The van der Waals surface area contributed by atoms with E-state index in [0.717, 1.165) is 5.56 Å². The summed E-state index contributed by atoms with van der Waals surface area (Å²) >= 11 is 0. The number of nitrogens with zero attached hydrogens (tertiary/aromatic N) is 1. The van der Waals surface area contributed by atoms with Crippen LogP contribution in [0.3, 0.4) is 0 Å². The Hall–Kier alpha value is -3.48. The molecular weight excluding hydrogens is 348 g/mol. The second kappa shape index (κ2) is 6.68. The van der Waals surface area contributed by atoms with Crippen molar-refractivity contribution in [3.63, 3.8) is 0 Å². The second-order valence-electron chi connectivity index (χ2n) is 5.97. The largest absolute Gasteiger partial charge is 0.493 e. The number of fused-ring (bicyclic) bond motifs is 2. The highest BCUT2D eigenvalue weighted by molar-refractivity contribution is 5.69. The molecule has 0 aliphatic carbocycles. The Balaban J connectivity index is 1.85. The van der Waals surface area contributed by atoms with Gasteiger partial charge >= 0.3 is 0 Å². The van der Waals surface area contributed by atoms with Gasteiger partial charge in [-0.1, -0.05) is 18.2 Å². The normalized spacial score (nSPS) is 11.8. The molecule has 1 aromatic heterocycles. The molecule has 3 aromatic rings. The van der Waals surface area contributed by atoms with E-state index < -0.39 is 0 Å². The first-order chi connectivity index (χ1) is 13.2. The van der Waals surface area contributed by atoms with E-state index in [1.807, 2.05) is 18.2 Å². The number of aromatic amines is 1. The van der Waals surface area contributed by atoms with E-state index in [-0.39, 0.29) is 11.4 Å². The first kappa shape index (κ1) is 17.0. The number of hydrogen-bond acceptors (Lipinski definition) is 6. The molecule has 138 valence electrons. The maximum Gasteiger partial charge on any atom is 0.258 e. The molecule has 0 fully saturated rings. The number of methoxy groups -OCH3 is 3. The van der Waals surface area contributed by atoms with Crippen molar-refractivity contribution in [3.8, 4) is 40.3 Å². The monoisotopic (exact) mass is 366 g/mol. The lowest BCUT2D eigenvalue weighted by Gasteiger charge is -2.21. The van der Waals surface area contributed by atoms with Crippen LogP contribution >= 0.6 is 0 Å². The predicted molar refractivity (Wildman–Crippen MR) is 99.3 cm³/mol. The highest BCUT2D eigenvalue weighted by Gasteiger charge is 2.26. The van der Waals surface area contributed by atoms with Crippen LogP contribution in [0, 0.1) is 0 Å². The first-order valence-corrected chi connectivity index (χ1v) is 8.34. The smallest absolute Gasteiger partial charge is 0.258 e. The average Bonchev–Trinajstić information content (AvgIpc) is 2.71. The van der Waals surface area contributed by atoms with Gasteiger partial charge in [0, 0.05) is 12.0 Å². The maximum absolute atomic E-state index is 12.7. The van der Waals surface area contributed by atoms with Crippen molar-refractivity contribution in [2.45, 2.75) is 6.42 Å². The van der Waals surface area contributed by atoms with Crippen LogP contribution in [0.25, 0.3) is 11.4 Å². The zero-order valence-electron chi connectivity index (χ0n) is 15.2. The third kappa shape index (κ3) is 2.77. The third-order valence-corrected chi connectivity index (χ3v) is 4.48. The van der Waals surface area contributed by atoms with Crippen molar-refractivity contribution in [2.24, 2.45) is 0 Å². The summed E-state index contributed by atoms with van der Waals surface area (Å²) in [6.45, 7) is 0. The highest BCUT2D eigenvalue weighted by atomic mass is 16.5. The number of nitrogens with one attached hydrogen (secondary N) is 1. The van der Waals surface area contributed by atoms with Crippen molar-refractivity contribution in [1.29, 1.82) is 0 Å². The van der Waals surface area contributed by atoms with Gasteiger partial charge in [-0.05, 0) is 18.2 Å². The van der Waals surface area contributed by atoms with E-state index >= 15 is 0 Å². The molecule has 7 nitrogen and oxygen atoms in total. The van der Waals surface area contributed by atoms with Crippen LogP contribution in [0.15, 0.2) is 41.2 Å². The van der Waals surface area contributed by atoms with E-state index in [1.165, 1.54) is 7.11 Å². The second-order valence-corrected chi connectivity index (χ2v) is 5.97. The summed E-state index contributed by atoms with van der Waals surface area (Å²) in [6.07, 6.45) is 0.416. The van der Waals surface area contributed by atoms with Crippen molar-refractivity contribution >= 4 is 0 Å². The Morgan fingerprint density at radius 2 is 1.74 bits per heavy atom. The van der Waals surface area contributed by atoms with Gasteiger partial charge < -0.3 is 23.9 Å². The van der Waals surface area contributed by atoms with Crippen LogP contribution < -0.4 is 24.5 Å². The van der Waals surface area contributed by atoms with Gasteiger partial charge in [0.15, 0.2) is 23.0 Å². The zero-order chi connectivity index (χ0) is 19.0. The zero-order valence-corrected chi connectivity index (χ0v) is 15.2. The molecule has 1 aliphatic rings. The van der Waals surface area contributed by atoms with Gasteiger partial charge in [0.2, 0.25) is 5.88 Å². The van der Waals surface area contributed by atoms with Crippen LogP contribution in [-0.4, -0.2) is 31.3 Å². The SMILES string of the molecule is COc1cccc2c1Oc1nc(-c3cccc(OC)c3OC)[nH]c(=O)c1C2. The molecule has 0 unspecified atom stereocenters.